The fraction of sp³-hybridized carbons (Fsp3) is 0.625. The van der Waals surface area contributed by atoms with E-state index in [1.165, 1.54) is 0 Å². The quantitative estimate of drug-likeness (QED) is 0.616. The van der Waals surface area contributed by atoms with Crippen molar-refractivity contribution in [3.63, 3.8) is 0 Å². The lowest BCUT2D eigenvalue weighted by molar-refractivity contribution is -0.0107. The molecule has 0 saturated carbocycles. The molecule has 1 aromatic carbocycles. The molecule has 120 valence electrons. The van der Waals surface area contributed by atoms with Gasteiger partial charge in [-0.2, -0.15) is 0 Å². The number of rotatable bonds is 11. The van der Waals surface area contributed by atoms with E-state index in [9.17, 15) is 0 Å². The summed E-state index contributed by atoms with van der Waals surface area (Å²) in [6, 6.07) is 8.01. The van der Waals surface area contributed by atoms with Crippen molar-refractivity contribution >= 4 is 15.9 Å². The molecular formula is C16H26BrNO3. The summed E-state index contributed by atoms with van der Waals surface area (Å²) in [6.45, 7) is 4.59. The third-order valence-corrected chi connectivity index (χ3v) is 3.96. The number of ether oxygens (including phenoxy) is 3. The third-order valence-electron chi connectivity index (χ3n) is 3.23. The van der Waals surface area contributed by atoms with Crippen LogP contribution in [-0.2, 0) is 14.2 Å². The van der Waals surface area contributed by atoms with Crippen molar-refractivity contribution in [3.05, 3.63) is 34.3 Å². The van der Waals surface area contributed by atoms with Crippen LogP contribution in [0.25, 0.3) is 0 Å². The summed E-state index contributed by atoms with van der Waals surface area (Å²) in [7, 11) is 1.69. The van der Waals surface area contributed by atoms with E-state index in [2.05, 4.69) is 22.9 Å². The molecule has 0 fully saturated rings. The maximum atomic E-state index is 6.20. The van der Waals surface area contributed by atoms with Crippen molar-refractivity contribution in [2.24, 2.45) is 5.73 Å². The van der Waals surface area contributed by atoms with E-state index in [1.54, 1.807) is 7.11 Å². The molecule has 0 aliphatic heterocycles. The molecule has 0 heterocycles. The fourth-order valence-electron chi connectivity index (χ4n) is 2.01. The van der Waals surface area contributed by atoms with Crippen LogP contribution in [0.15, 0.2) is 28.7 Å². The molecule has 2 atom stereocenters. The monoisotopic (exact) mass is 359 g/mol. The molecule has 0 bridgehead atoms. The van der Waals surface area contributed by atoms with Gasteiger partial charge in [0.25, 0.3) is 0 Å². The lowest BCUT2D eigenvalue weighted by Gasteiger charge is -2.25. The Hall–Kier alpha value is -0.460. The minimum Gasteiger partial charge on any atom is -0.385 e. The predicted molar refractivity (Wildman–Crippen MR) is 88.4 cm³/mol. The van der Waals surface area contributed by atoms with Gasteiger partial charge in [0.15, 0.2) is 0 Å². The third kappa shape index (κ3) is 6.89. The second-order valence-corrected chi connectivity index (χ2v) is 5.70. The van der Waals surface area contributed by atoms with Crippen LogP contribution in [0.4, 0.5) is 0 Å². The van der Waals surface area contributed by atoms with Gasteiger partial charge in [-0.3, -0.25) is 0 Å². The van der Waals surface area contributed by atoms with Crippen LogP contribution in [0.1, 0.15) is 31.4 Å². The van der Waals surface area contributed by atoms with Crippen molar-refractivity contribution in [3.8, 4) is 0 Å². The van der Waals surface area contributed by atoms with Crippen molar-refractivity contribution in [2.45, 2.75) is 31.9 Å². The summed E-state index contributed by atoms with van der Waals surface area (Å²) in [5.74, 6) is 0. The Morgan fingerprint density at radius 1 is 1.14 bits per heavy atom. The van der Waals surface area contributed by atoms with Gasteiger partial charge in [-0.1, -0.05) is 41.1 Å². The molecule has 5 heteroatoms. The van der Waals surface area contributed by atoms with Crippen molar-refractivity contribution < 1.29 is 14.2 Å². The highest BCUT2D eigenvalue weighted by Crippen LogP contribution is 2.28. The van der Waals surface area contributed by atoms with Gasteiger partial charge in [-0.15, -0.1) is 0 Å². The van der Waals surface area contributed by atoms with E-state index in [4.69, 9.17) is 19.9 Å². The second kappa shape index (κ2) is 11.2. The Morgan fingerprint density at radius 3 is 2.57 bits per heavy atom. The molecule has 1 rings (SSSR count). The van der Waals surface area contributed by atoms with E-state index in [0.29, 0.717) is 19.8 Å². The van der Waals surface area contributed by atoms with Crippen LogP contribution in [0.2, 0.25) is 0 Å². The molecule has 0 spiro atoms. The summed E-state index contributed by atoms with van der Waals surface area (Å²) in [5, 5.41) is 0. The first-order chi connectivity index (χ1) is 10.2. The average molecular weight is 360 g/mol. The van der Waals surface area contributed by atoms with E-state index >= 15 is 0 Å². The number of halogens is 1. The molecule has 0 amide bonds. The van der Waals surface area contributed by atoms with Crippen LogP contribution >= 0.6 is 15.9 Å². The van der Waals surface area contributed by atoms with Gasteiger partial charge >= 0.3 is 0 Å². The molecule has 1 aromatic rings. The van der Waals surface area contributed by atoms with Crippen LogP contribution < -0.4 is 5.73 Å². The number of methoxy groups -OCH3 is 1. The summed E-state index contributed by atoms with van der Waals surface area (Å²) >= 11 is 3.56. The molecular weight excluding hydrogens is 334 g/mol. The fourth-order valence-corrected chi connectivity index (χ4v) is 2.52. The summed E-state index contributed by atoms with van der Waals surface area (Å²) in [6.07, 6.45) is 1.65. The molecule has 21 heavy (non-hydrogen) atoms. The first kappa shape index (κ1) is 18.6. The molecule has 2 unspecified atom stereocenters. The molecule has 0 radical (unpaired) electrons. The van der Waals surface area contributed by atoms with Gasteiger partial charge in [0.1, 0.15) is 0 Å². The smallest absolute Gasteiger partial charge is 0.0987 e. The Morgan fingerprint density at radius 2 is 1.90 bits per heavy atom. The summed E-state index contributed by atoms with van der Waals surface area (Å²) < 4.78 is 17.5. The summed E-state index contributed by atoms with van der Waals surface area (Å²) in [4.78, 5) is 0. The number of hydrogen-bond donors (Lipinski definition) is 1. The molecule has 0 aliphatic carbocycles. The Labute approximate surface area is 136 Å². The van der Waals surface area contributed by atoms with Gasteiger partial charge in [0.2, 0.25) is 0 Å². The molecule has 0 aliphatic rings. The highest BCUT2D eigenvalue weighted by atomic mass is 79.9. The summed E-state index contributed by atoms with van der Waals surface area (Å²) in [5.41, 5.74) is 7.28. The van der Waals surface area contributed by atoms with E-state index < -0.39 is 0 Å². The van der Waals surface area contributed by atoms with Crippen LogP contribution in [0, 0.1) is 0 Å². The minimum absolute atomic E-state index is 0.0304. The molecule has 4 nitrogen and oxygen atoms in total. The van der Waals surface area contributed by atoms with E-state index in [1.807, 2.05) is 24.3 Å². The van der Waals surface area contributed by atoms with Gasteiger partial charge in [0, 0.05) is 30.8 Å². The van der Waals surface area contributed by atoms with Gasteiger partial charge in [0.05, 0.1) is 19.3 Å². The molecule has 0 saturated heterocycles. The van der Waals surface area contributed by atoms with Crippen LogP contribution in [0.3, 0.4) is 0 Å². The van der Waals surface area contributed by atoms with Crippen LogP contribution in [-0.4, -0.2) is 39.6 Å². The number of hydrogen-bond acceptors (Lipinski definition) is 4. The highest BCUT2D eigenvalue weighted by molar-refractivity contribution is 9.10. The largest absolute Gasteiger partial charge is 0.385 e. The van der Waals surface area contributed by atoms with Crippen molar-refractivity contribution in [2.75, 3.05) is 33.5 Å². The van der Waals surface area contributed by atoms with Gasteiger partial charge < -0.3 is 19.9 Å². The van der Waals surface area contributed by atoms with Gasteiger partial charge in [-0.05, 0) is 24.5 Å². The lowest BCUT2D eigenvalue weighted by atomic mass is 10.0. The number of nitrogens with two attached hydrogens (primary N) is 1. The topological polar surface area (TPSA) is 53.7 Å². The highest BCUT2D eigenvalue weighted by Gasteiger charge is 2.21. The first-order valence-corrected chi connectivity index (χ1v) is 8.18. The first-order valence-electron chi connectivity index (χ1n) is 7.39. The zero-order valence-electron chi connectivity index (χ0n) is 12.9. The Bertz CT molecular complexity index is 390. The van der Waals surface area contributed by atoms with E-state index in [0.717, 1.165) is 29.5 Å². The maximum Gasteiger partial charge on any atom is 0.0987 e. The maximum absolute atomic E-state index is 6.20. The zero-order chi connectivity index (χ0) is 15.5. The van der Waals surface area contributed by atoms with Crippen molar-refractivity contribution in [1.82, 2.24) is 0 Å². The molecule has 0 aromatic heterocycles. The second-order valence-electron chi connectivity index (χ2n) is 4.84. The zero-order valence-corrected chi connectivity index (χ0v) is 14.5. The Balaban J connectivity index is 2.43. The van der Waals surface area contributed by atoms with Crippen molar-refractivity contribution in [1.29, 1.82) is 0 Å². The number of benzene rings is 1. The Kier molecular flexibility index (Phi) is 9.87. The van der Waals surface area contributed by atoms with Crippen LogP contribution in [0.5, 0.6) is 0 Å². The lowest BCUT2D eigenvalue weighted by Crippen LogP contribution is -2.30. The normalized spacial score (nSPS) is 14.1. The molecule has 2 N–H and O–H groups in total. The predicted octanol–water partition coefficient (Wildman–Crippen LogP) is 3.30. The van der Waals surface area contributed by atoms with Gasteiger partial charge in [-0.25, -0.2) is 0 Å². The van der Waals surface area contributed by atoms with E-state index in [-0.39, 0.29) is 12.1 Å². The average Bonchev–Trinajstić information content (AvgIpc) is 2.50. The SMILES string of the molecule is CCC(N)C(OCCOCCCOC)c1ccccc1Br. The standard InChI is InChI=1S/C16H26BrNO3/c1-3-15(18)16(13-7-4-5-8-14(13)17)21-12-11-20-10-6-9-19-2/h4-5,7-8,15-16H,3,6,9-12,18H2,1-2H3. The minimum atomic E-state index is -0.117.